The summed E-state index contributed by atoms with van der Waals surface area (Å²) in [7, 11) is 0. The Labute approximate surface area is 277 Å². The minimum atomic E-state index is -0.898. The first-order valence-electron chi connectivity index (χ1n) is 15.3. The Balaban J connectivity index is 1.05. The average molecular weight is 665 g/mol. The lowest BCUT2D eigenvalue weighted by Gasteiger charge is -2.08. The van der Waals surface area contributed by atoms with Gasteiger partial charge >= 0.3 is 0 Å². The molecular formula is C36H28F4N8O. The first-order valence-corrected chi connectivity index (χ1v) is 15.3. The van der Waals surface area contributed by atoms with Crippen LogP contribution in [0.15, 0.2) is 91.4 Å². The molecule has 0 fully saturated rings. The number of aryl methyl sites for hydroxylation is 1. The molecule has 7 aromatic rings. The van der Waals surface area contributed by atoms with Gasteiger partial charge in [0, 0.05) is 23.0 Å². The quantitative estimate of drug-likeness (QED) is 0.135. The van der Waals surface area contributed by atoms with Crippen LogP contribution in [-0.4, -0.2) is 39.5 Å². The highest BCUT2D eigenvalue weighted by atomic mass is 19.2. The zero-order chi connectivity index (χ0) is 33.9. The fourth-order valence-corrected chi connectivity index (χ4v) is 5.59. The Morgan fingerprint density at radius 3 is 1.98 bits per heavy atom. The van der Waals surface area contributed by atoms with Gasteiger partial charge in [0.2, 0.25) is 0 Å². The van der Waals surface area contributed by atoms with E-state index in [0.29, 0.717) is 42.2 Å². The van der Waals surface area contributed by atoms with Gasteiger partial charge in [0.05, 0.1) is 48.8 Å². The van der Waals surface area contributed by atoms with Crippen LogP contribution in [0, 0.1) is 30.2 Å². The van der Waals surface area contributed by atoms with Crippen molar-refractivity contribution in [2.24, 2.45) is 0 Å². The number of aromatic nitrogens is 8. The smallest absolute Gasteiger partial charge is 0.159 e. The number of pyridine rings is 1. The number of rotatable bonds is 11. The van der Waals surface area contributed by atoms with Crippen LogP contribution in [0.5, 0.6) is 5.75 Å². The van der Waals surface area contributed by atoms with Crippen LogP contribution in [0.2, 0.25) is 0 Å². The van der Waals surface area contributed by atoms with Crippen molar-refractivity contribution in [3.63, 3.8) is 0 Å². The van der Waals surface area contributed by atoms with Crippen molar-refractivity contribution in [3.05, 3.63) is 143 Å². The summed E-state index contributed by atoms with van der Waals surface area (Å²) in [6.07, 6.45) is 12.4. The van der Waals surface area contributed by atoms with Crippen LogP contribution < -0.4 is 4.74 Å². The molecule has 9 nitrogen and oxygen atoms in total. The average Bonchev–Trinajstić information content (AvgIpc) is 3.82. The summed E-state index contributed by atoms with van der Waals surface area (Å²) in [6.45, 7) is 3.36. The second-order valence-electron chi connectivity index (χ2n) is 11.4. The molecule has 0 spiro atoms. The zero-order valence-corrected chi connectivity index (χ0v) is 26.1. The molecule has 13 heteroatoms. The molecule has 7 rings (SSSR count). The van der Waals surface area contributed by atoms with E-state index in [1.54, 1.807) is 46.1 Å². The predicted octanol–water partition coefficient (Wildman–Crippen LogP) is 7.29. The lowest BCUT2D eigenvalue weighted by Crippen LogP contribution is -2.02. The third kappa shape index (κ3) is 6.96. The maximum Gasteiger partial charge on any atom is 0.159 e. The first kappa shape index (κ1) is 31.5. The van der Waals surface area contributed by atoms with Gasteiger partial charge in [-0.25, -0.2) is 26.9 Å². The standard InChI is InChI=1S/C36H28F4N8O/c1-23-36-30(12-13-41-23)29-9-8-28(49-22-27-20-47(45-43-27)15-3-5-25-7-11-32(38)34(40)17-25)18-35(29)48(36)21-26-19-46(44-42-26)14-2-4-24-6-10-31(37)33(39)16-24/h2-13,16-20H,14-15,21-22H2,1H3/b4-2+,5-3+. The second kappa shape index (κ2) is 13.6. The fourth-order valence-electron chi connectivity index (χ4n) is 5.59. The molecule has 0 aliphatic heterocycles. The van der Waals surface area contributed by atoms with Crippen molar-refractivity contribution in [1.29, 1.82) is 0 Å². The van der Waals surface area contributed by atoms with E-state index < -0.39 is 23.3 Å². The predicted molar refractivity (Wildman–Crippen MR) is 176 cm³/mol. The topological polar surface area (TPSA) is 88.5 Å². The van der Waals surface area contributed by atoms with Crippen LogP contribution in [0.4, 0.5) is 17.6 Å². The lowest BCUT2D eigenvalue weighted by molar-refractivity contribution is 0.301. The van der Waals surface area contributed by atoms with Crippen molar-refractivity contribution in [2.75, 3.05) is 0 Å². The molecule has 4 heterocycles. The van der Waals surface area contributed by atoms with Crippen LogP contribution in [-0.2, 0) is 26.2 Å². The molecule has 0 amide bonds. The molecule has 0 N–H and O–H groups in total. The number of nitrogens with zero attached hydrogens (tertiary/aromatic N) is 8. The van der Waals surface area contributed by atoms with E-state index in [1.165, 1.54) is 12.1 Å². The maximum atomic E-state index is 13.5. The van der Waals surface area contributed by atoms with E-state index in [4.69, 9.17) is 4.74 Å². The molecule has 0 radical (unpaired) electrons. The van der Waals surface area contributed by atoms with Gasteiger partial charge in [-0.15, -0.1) is 10.2 Å². The van der Waals surface area contributed by atoms with Gasteiger partial charge in [-0.2, -0.15) is 0 Å². The Morgan fingerprint density at radius 2 is 1.33 bits per heavy atom. The lowest BCUT2D eigenvalue weighted by atomic mass is 10.1. The van der Waals surface area contributed by atoms with Crippen LogP contribution >= 0.6 is 0 Å². The van der Waals surface area contributed by atoms with Gasteiger partial charge in [0.25, 0.3) is 0 Å². The molecule has 0 bridgehead atoms. The Bertz CT molecular complexity index is 2360. The highest BCUT2D eigenvalue weighted by Crippen LogP contribution is 2.33. The van der Waals surface area contributed by atoms with E-state index in [-0.39, 0.29) is 6.61 Å². The molecule has 0 atom stereocenters. The van der Waals surface area contributed by atoms with E-state index in [2.05, 4.69) is 30.2 Å². The Hall–Kier alpha value is -6.11. The molecular weight excluding hydrogens is 636 g/mol. The second-order valence-corrected chi connectivity index (χ2v) is 11.4. The summed E-state index contributed by atoms with van der Waals surface area (Å²) < 4.78 is 64.9. The van der Waals surface area contributed by atoms with Crippen molar-refractivity contribution in [3.8, 4) is 5.75 Å². The van der Waals surface area contributed by atoms with Crippen molar-refractivity contribution in [1.82, 2.24) is 39.5 Å². The number of ether oxygens (including phenoxy) is 1. The first-order chi connectivity index (χ1) is 23.8. The Morgan fingerprint density at radius 1 is 0.694 bits per heavy atom. The van der Waals surface area contributed by atoms with E-state index in [9.17, 15) is 17.6 Å². The summed E-state index contributed by atoms with van der Waals surface area (Å²) in [4.78, 5) is 4.53. The van der Waals surface area contributed by atoms with Gasteiger partial charge in [-0.1, -0.05) is 46.9 Å². The summed E-state index contributed by atoms with van der Waals surface area (Å²) in [5.41, 5.74) is 5.21. The molecule has 0 saturated heterocycles. The molecule has 246 valence electrons. The summed E-state index contributed by atoms with van der Waals surface area (Å²) in [6, 6.07) is 15.3. The van der Waals surface area contributed by atoms with Gasteiger partial charge in [-0.05, 0) is 60.5 Å². The third-order valence-electron chi connectivity index (χ3n) is 7.90. The molecule has 49 heavy (non-hydrogen) atoms. The summed E-state index contributed by atoms with van der Waals surface area (Å²) >= 11 is 0. The van der Waals surface area contributed by atoms with E-state index >= 15 is 0 Å². The van der Waals surface area contributed by atoms with Crippen molar-refractivity contribution < 1.29 is 22.3 Å². The van der Waals surface area contributed by atoms with Crippen molar-refractivity contribution >= 4 is 34.0 Å². The van der Waals surface area contributed by atoms with Gasteiger partial charge in [0.15, 0.2) is 23.3 Å². The van der Waals surface area contributed by atoms with Crippen molar-refractivity contribution in [2.45, 2.75) is 33.2 Å². The third-order valence-corrected chi connectivity index (χ3v) is 7.90. The number of allylic oxidation sites excluding steroid dienone is 2. The Kier molecular flexibility index (Phi) is 8.71. The molecule has 4 aromatic heterocycles. The number of hydrogen-bond acceptors (Lipinski definition) is 6. The van der Waals surface area contributed by atoms with E-state index in [1.807, 2.05) is 37.4 Å². The minimum Gasteiger partial charge on any atom is -0.487 e. The van der Waals surface area contributed by atoms with Crippen LogP contribution in [0.1, 0.15) is 28.2 Å². The number of fused-ring (bicyclic) bond motifs is 3. The molecule has 0 unspecified atom stereocenters. The van der Waals surface area contributed by atoms with Crippen LogP contribution in [0.25, 0.3) is 34.0 Å². The molecule has 0 aliphatic rings. The maximum absolute atomic E-state index is 13.5. The zero-order valence-electron chi connectivity index (χ0n) is 26.1. The van der Waals surface area contributed by atoms with Gasteiger partial charge < -0.3 is 9.30 Å². The largest absolute Gasteiger partial charge is 0.487 e. The molecule has 0 aliphatic carbocycles. The highest BCUT2D eigenvalue weighted by Gasteiger charge is 2.16. The fraction of sp³-hybridized carbons (Fsp3) is 0.139. The highest BCUT2D eigenvalue weighted by molar-refractivity contribution is 6.09. The van der Waals surface area contributed by atoms with E-state index in [0.717, 1.165) is 57.5 Å². The summed E-state index contributed by atoms with van der Waals surface area (Å²) in [5, 5.41) is 19.0. The van der Waals surface area contributed by atoms with Crippen LogP contribution in [0.3, 0.4) is 0 Å². The number of hydrogen-bond donors (Lipinski definition) is 0. The summed E-state index contributed by atoms with van der Waals surface area (Å²) in [5.74, 6) is -2.93. The minimum absolute atomic E-state index is 0.186. The number of halogens is 4. The van der Waals surface area contributed by atoms with Gasteiger partial charge in [0.1, 0.15) is 23.7 Å². The number of benzene rings is 3. The van der Waals surface area contributed by atoms with Gasteiger partial charge in [-0.3, -0.25) is 4.98 Å². The molecule has 3 aromatic carbocycles. The SMILES string of the molecule is Cc1nccc2c3ccc(OCc4cn(C/C=C/c5ccc(F)c(F)c5)nn4)cc3n(Cc3cn(C/C=C/c4ccc(F)c(F)c4)nn3)c12. The normalized spacial score (nSPS) is 11.9. The molecule has 0 saturated carbocycles. The monoisotopic (exact) mass is 664 g/mol.